The summed E-state index contributed by atoms with van der Waals surface area (Å²) in [5.74, 6) is 0.246. The molecule has 0 aliphatic carbocycles. The van der Waals surface area contributed by atoms with E-state index in [1.54, 1.807) is 23.9 Å². The summed E-state index contributed by atoms with van der Waals surface area (Å²) in [4.78, 5) is 26.2. The molecule has 0 aromatic carbocycles. The monoisotopic (exact) mass is 243 g/mol. The molecule has 17 heavy (non-hydrogen) atoms. The van der Waals surface area contributed by atoms with Gasteiger partial charge >= 0.3 is 0 Å². The van der Waals surface area contributed by atoms with Crippen molar-refractivity contribution >= 4 is 11.8 Å². The van der Waals surface area contributed by atoms with Crippen LogP contribution in [0.3, 0.4) is 0 Å². The van der Waals surface area contributed by atoms with Crippen molar-refractivity contribution in [3.63, 3.8) is 0 Å². The second kappa shape index (κ2) is 8.98. The average molecular weight is 243 g/mol. The lowest BCUT2D eigenvalue weighted by atomic mass is 10.3. The average Bonchev–Trinajstić information content (AvgIpc) is 2.29. The number of nitrogens with one attached hydrogen (secondary N) is 1. The molecule has 0 atom stereocenters. The van der Waals surface area contributed by atoms with Gasteiger partial charge < -0.3 is 15.1 Å². The summed E-state index contributed by atoms with van der Waals surface area (Å²) in [5, 5.41) is 3.07. The molecule has 0 heterocycles. The van der Waals surface area contributed by atoms with Crippen LogP contribution in [-0.4, -0.2) is 61.9 Å². The Morgan fingerprint density at radius 2 is 1.65 bits per heavy atom. The van der Waals surface area contributed by atoms with Crippen molar-refractivity contribution in [2.24, 2.45) is 0 Å². The van der Waals surface area contributed by atoms with E-state index in [1.165, 1.54) is 0 Å². The lowest BCUT2D eigenvalue weighted by Gasteiger charge is -2.18. The lowest BCUT2D eigenvalue weighted by molar-refractivity contribution is -0.129. The predicted octanol–water partition coefficient (Wildman–Crippen LogP) is 0.313. The molecule has 0 saturated heterocycles. The van der Waals surface area contributed by atoms with Crippen molar-refractivity contribution in [1.29, 1.82) is 0 Å². The van der Waals surface area contributed by atoms with E-state index >= 15 is 0 Å². The van der Waals surface area contributed by atoms with E-state index in [0.717, 1.165) is 19.5 Å². The predicted molar refractivity (Wildman–Crippen MR) is 68.7 cm³/mol. The fourth-order valence-corrected chi connectivity index (χ4v) is 1.47. The van der Waals surface area contributed by atoms with Gasteiger partial charge in [0.05, 0.1) is 6.54 Å². The SMILES string of the molecule is CCN(CC)C(=O)CNCCCC(=O)N(C)C. The Balaban J connectivity index is 3.58. The Morgan fingerprint density at radius 3 is 2.12 bits per heavy atom. The van der Waals surface area contributed by atoms with Gasteiger partial charge in [-0.05, 0) is 26.8 Å². The Morgan fingerprint density at radius 1 is 1.06 bits per heavy atom. The number of likely N-dealkylation sites (N-methyl/N-ethyl adjacent to an activating group) is 1. The molecule has 0 aromatic heterocycles. The molecule has 0 aliphatic rings. The Kier molecular flexibility index (Phi) is 8.40. The zero-order chi connectivity index (χ0) is 13.3. The third kappa shape index (κ3) is 6.94. The van der Waals surface area contributed by atoms with Crippen molar-refractivity contribution < 1.29 is 9.59 Å². The summed E-state index contributed by atoms with van der Waals surface area (Å²) >= 11 is 0. The summed E-state index contributed by atoms with van der Waals surface area (Å²) in [7, 11) is 3.50. The van der Waals surface area contributed by atoms with Gasteiger partial charge in [0.15, 0.2) is 0 Å². The maximum atomic E-state index is 11.6. The molecule has 0 aromatic rings. The van der Waals surface area contributed by atoms with Gasteiger partial charge in [-0.2, -0.15) is 0 Å². The van der Waals surface area contributed by atoms with Crippen LogP contribution in [0.1, 0.15) is 26.7 Å². The molecule has 1 N–H and O–H groups in total. The molecule has 0 spiro atoms. The zero-order valence-electron chi connectivity index (χ0n) is 11.5. The fourth-order valence-electron chi connectivity index (χ4n) is 1.47. The van der Waals surface area contributed by atoms with Crippen LogP contribution in [0.5, 0.6) is 0 Å². The summed E-state index contributed by atoms with van der Waals surface area (Å²) in [6.45, 7) is 6.49. The quantitative estimate of drug-likeness (QED) is 0.624. The Bertz CT molecular complexity index is 238. The smallest absolute Gasteiger partial charge is 0.236 e. The minimum atomic E-state index is 0.119. The van der Waals surface area contributed by atoms with Crippen molar-refractivity contribution in [2.45, 2.75) is 26.7 Å². The van der Waals surface area contributed by atoms with Gasteiger partial charge in [-0.25, -0.2) is 0 Å². The highest BCUT2D eigenvalue weighted by Gasteiger charge is 2.08. The normalized spacial score (nSPS) is 10.1. The summed E-state index contributed by atoms with van der Waals surface area (Å²) in [6.07, 6.45) is 1.29. The lowest BCUT2D eigenvalue weighted by Crippen LogP contribution is -2.38. The van der Waals surface area contributed by atoms with Crippen LogP contribution in [0.25, 0.3) is 0 Å². The first-order valence-corrected chi connectivity index (χ1v) is 6.21. The summed E-state index contributed by atoms with van der Waals surface area (Å²) in [6, 6.07) is 0. The third-order valence-electron chi connectivity index (χ3n) is 2.64. The Labute approximate surface area is 104 Å². The van der Waals surface area contributed by atoms with Crippen molar-refractivity contribution in [1.82, 2.24) is 15.1 Å². The van der Waals surface area contributed by atoms with Crippen LogP contribution < -0.4 is 5.32 Å². The second-order valence-corrected chi connectivity index (χ2v) is 4.13. The Hall–Kier alpha value is -1.10. The second-order valence-electron chi connectivity index (χ2n) is 4.13. The van der Waals surface area contributed by atoms with Gasteiger partial charge in [0.25, 0.3) is 0 Å². The van der Waals surface area contributed by atoms with Gasteiger partial charge in [-0.3, -0.25) is 9.59 Å². The number of hydrogen-bond donors (Lipinski definition) is 1. The standard InChI is InChI=1S/C12H25N3O2/c1-5-15(6-2)12(17)10-13-9-7-8-11(16)14(3)4/h13H,5-10H2,1-4H3. The maximum Gasteiger partial charge on any atom is 0.236 e. The minimum absolute atomic E-state index is 0.119. The van der Waals surface area contributed by atoms with Crippen LogP contribution in [0.2, 0.25) is 0 Å². The van der Waals surface area contributed by atoms with Crippen molar-refractivity contribution in [3.8, 4) is 0 Å². The molecule has 0 unspecified atom stereocenters. The minimum Gasteiger partial charge on any atom is -0.349 e. The molecule has 0 fully saturated rings. The molecule has 0 aliphatic heterocycles. The third-order valence-corrected chi connectivity index (χ3v) is 2.64. The molecule has 0 radical (unpaired) electrons. The van der Waals surface area contributed by atoms with Crippen LogP contribution in [0, 0.1) is 0 Å². The highest BCUT2D eigenvalue weighted by Crippen LogP contribution is 1.92. The molecule has 0 bridgehead atoms. The van der Waals surface area contributed by atoms with Gasteiger partial charge in [-0.1, -0.05) is 0 Å². The number of amides is 2. The number of rotatable bonds is 8. The van der Waals surface area contributed by atoms with E-state index in [-0.39, 0.29) is 11.8 Å². The van der Waals surface area contributed by atoms with E-state index < -0.39 is 0 Å². The zero-order valence-corrected chi connectivity index (χ0v) is 11.5. The molecule has 2 amide bonds. The van der Waals surface area contributed by atoms with Gasteiger partial charge in [0, 0.05) is 33.6 Å². The van der Waals surface area contributed by atoms with E-state index in [9.17, 15) is 9.59 Å². The molecular weight excluding hydrogens is 218 g/mol. The van der Waals surface area contributed by atoms with Gasteiger partial charge in [0.1, 0.15) is 0 Å². The van der Waals surface area contributed by atoms with Crippen LogP contribution >= 0.6 is 0 Å². The van der Waals surface area contributed by atoms with E-state index in [4.69, 9.17) is 0 Å². The topological polar surface area (TPSA) is 52.7 Å². The van der Waals surface area contributed by atoms with Crippen molar-refractivity contribution in [2.75, 3.05) is 40.3 Å². The number of carbonyl (C=O) groups excluding carboxylic acids is 2. The maximum absolute atomic E-state index is 11.6. The van der Waals surface area contributed by atoms with Crippen molar-refractivity contribution in [3.05, 3.63) is 0 Å². The molecule has 100 valence electrons. The van der Waals surface area contributed by atoms with Crippen LogP contribution in [0.15, 0.2) is 0 Å². The largest absolute Gasteiger partial charge is 0.349 e. The molecule has 0 rings (SSSR count). The summed E-state index contributed by atoms with van der Waals surface area (Å²) in [5.41, 5.74) is 0. The summed E-state index contributed by atoms with van der Waals surface area (Å²) < 4.78 is 0. The highest BCUT2D eigenvalue weighted by atomic mass is 16.2. The van der Waals surface area contributed by atoms with Crippen LogP contribution in [-0.2, 0) is 9.59 Å². The molecule has 5 heteroatoms. The number of nitrogens with zero attached hydrogens (tertiary/aromatic N) is 2. The fraction of sp³-hybridized carbons (Fsp3) is 0.833. The van der Waals surface area contributed by atoms with E-state index in [2.05, 4.69) is 5.32 Å². The van der Waals surface area contributed by atoms with E-state index in [1.807, 2.05) is 13.8 Å². The van der Waals surface area contributed by atoms with Crippen LogP contribution in [0.4, 0.5) is 0 Å². The van der Waals surface area contributed by atoms with E-state index in [0.29, 0.717) is 19.5 Å². The first-order chi connectivity index (χ1) is 8.02. The number of hydrogen-bond acceptors (Lipinski definition) is 3. The van der Waals surface area contributed by atoms with Gasteiger partial charge in [-0.15, -0.1) is 0 Å². The molecule has 0 saturated carbocycles. The molecular formula is C12H25N3O2. The number of carbonyl (C=O) groups is 2. The van der Waals surface area contributed by atoms with Gasteiger partial charge in [0.2, 0.25) is 11.8 Å². The first-order valence-electron chi connectivity index (χ1n) is 6.21. The first kappa shape index (κ1) is 15.9. The molecule has 5 nitrogen and oxygen atoms in total. The highest BCUT2D eigenvalue weighted by molar-refractivity contribution is 5.78.